The van der Waals surface area contributed by atoms with Crippen LogP contribution in [0.15, 0.2) is 17.8 Å². The van der Waals surface area contributed by atoms with E-state index < -0.39 is 16.7 Å². The van der Waals surface area contributed by atoms with Crippen molar-refractivity contribution >= 4 is 28.9 Å². The average molecular weight is 274 g/mol. The van der Waals surface area contributed by atoms with Crippen LogP contribution in [0.5, 0.6) is 0 Å². The number of halogens is 4. The molecule has 17 heavy (non-hydrogen) atoms. The van der Waals surface area contributed by atoms with Crippen molar-refractivity contribution in [3.8, 4) is 12.1 Å². The minimum absolute atomic E-state index is 0.232. The SMILES string of the molecule is N#CC(C#N)=CNc1cc(Cl)c(F)c(Cl)c1F. The third-order valence-corrected chi connectivity index (χ3v) is 2.32. The molecule has 7 heteroatoms. The van der Waals surface area contributed by atoms with E-state index in [1.807, 2.05) is 0 Å². The fourth-order valence-corrected chi connectivity index (χ4v) is 1.37. The van der Waals surface area contributed by atoms with Crippen molar-refractivity contribution < 1.29 is 8.78 Å². The van der Waals surface area contributed by atoms with Crippen molar-refractivity contribution in [1.82, 2.24) is 0 Å². The quantitative estimate of drug-likeness (QED) is 0.509. The van der Waals surface area contributed by atoms with Gasteiger partial charge in [0.05, 0.1) is 10.7 Å². The van der Waals surface area contributed by atoms with Crippen LogP contribution in [-0.4, -0.2) is 0 Å². The number of rotatable bonds is 2. The molecular weight excluding hydrogens is 271 g/mol. The Hall–Kier alpha value is -1.82. The van der Waals surface area contributed by atoms with Gasteiger partial charge in [-0.2, -0.15) is 10.5 Å². The molecule has 0 spiro atoms. The summed E-state index contributed by atoms with van der Waals surface area (Å²) >= 11 is 10.8. The summed E-state index contributed by atoms with van der Waals surface area (Å²) < 4.78 is 26.5. The van der Waals surface area contributed by atoms with Crippen LogP contribution in [0.25, 0.3) is 0 Å². The van der Waals surface area contributed by atoms with Crippen LogP contribution in [0, 0.1) is 34.3 Å². The molecule has 0 radical (unpaired) electrons. The number of nitriles is 2. The summed E-state index contributed by atoms with van der Waals surface area (Å²) in [6.45, 7) is 0. The third kappa shape index (κ3) is 2.85. The van der Waals surface area contributed by atoms with Crippen LogP contribution in [0.1, 0.15) is 0 Å². The molecule has 0 fully saturated rings. The monoisotopic (exact) mass is 273 g/mol. The van der Waals surface area contributed by atoms with Crippen molar-refractivity contribution in [2.45, 2.75) is 0 Å². The van der Waals surface area contributed by atoms with Crippen molar-refractivity contribution in [2.24, 2.45) is 0 Å². The van der Waals surface area contributed by atoms with Gasteiger partial charge in [0, 0.05) is 6.20 Å². The molecule has 1 aromatic carbocycles. The normalized spacial score (nSPS) is 9.06. The maximum absolute atomic E-state index is 13.4. The topological polar surface area (TPSA) is 59.6 Å². The first-order valence-electron chi connectivity index (χ1n) is 4.11. The fourth-order valence-electron chi connectivity index (χ4n) is 0.917. The average Bonchev–Trinajstić information content (AvgIpc) is 2.33. The number of hydrogen-bond acceptors (Lipinski definition) is 3. The maximum Gasteiger partial charge on any atom is 0.168 e. The first-order valence-corrected chi connectivity index (χ1v) is 4.86. The Bertz CT molecular complexity index is 554. The van der Waals surface area contributed by atoms with Crippen LogP contribution in [0.2, 0.25) is 10.0 Å². The molecule has 0 aliphatic carbocycles. The van der Waals surface area contributed by atoms with Gasteiger partial charge in [-0.05, 0) is 6.07 Å². The zero-order valence-corrected chi connectivity index (χ0v) is 9.57. The Kier molecular flexibility index (Phi) is 4.28. The van der Waals surface area contributed by atoms with Crippen LogP contribution < -0.4 is 5.32 Å². The van der Waals surface area contributed by atoms with Gasteiger partial charge in [-0.15, -0.1) is 0 Å². The summed E-state index contributed by atoms with van der Waals surface area (Å²) in [4.78, 5) is 0. The Morgan fingerprint density at radius 3 is 2.35 bits per heavy atom. The van der Waals surface area contributed by atoms with Gasteiger partial charge in [-0.25, -0.2) is 8.78 Å². The Morgan fingerprint density at radius 1 is 1.24 bits per heavy atom. The Morgan fingerprint density at radius 2 is 1.82 bits per heavy atom. The van der Waals surface area contributed by atoms with Crippen molar-refractivity contribution in [2.75, 3.05) is 5.32 Å². The lowest BCUT2D eigenvalue weighted by atomic mass is 10.3. The van der Waals surface area contributed by atoms with E-state index in [-0.39, 0.29) is 16.3 Å². The van der Waals surface area contributed by atoms with Crippen LogP contribution in [0.3, 0.4) is 0 Å². The van der Waals surface area contributed by atoms with Gasteiger partial charge >= 0.3 is 0 Å². The van der Waals surface area contributed by atoms with E-state index in [4.69, 9.17) is 33.7 Å². The van der Waals surface area contributed by atoms with Gasteiger partial charge < -0.3 is 5.32 Å². The highest BCUT2D eigenvalue weighted by atomic mass is 35.5. The van der Waals surface area contributed by atoms with E-state index >= 15 is 0 Å². The van der Waals surface area contributed by atoms with Gasteiger partial charge in [0.1, 0.15) is 22.7 Å². The first kappa shape index (κ1) is 13.2. The second-order valence-corrected chi connectivity index (χ2v) is 3.56. The smallest absolute Gasteiger partial charge is 0.168 e. The Labute approximate surface area is 105 Å². The molecule has 0 amide bonds. The van der Waals surface area contributed by atoms with Crippen molar-refractivity contribution in [3.63, 3.8) is 0 Å². The van der Waals surface area contributed by atoms with E-state index in [1.165, 1.54) is 0 Å². The number of benzene rings is 1. The predicted octanol–water partition coefficient (Wildman–Crippen LogP) is 3.61. The fraction of sp³-hybridized carbons (Fsp3) is 0. The van der Waals surface area contributed by atoms with Gasteiger partial charge in [-0.1, -0.05) is 23.2 Å². The minimum Gasteiger partial charge on any atom is -0.357 e. The highest BCUT2D eigenvalue weighted by molar-refractivity contribution is 6.35. The summed E-state index contributed by atoms with van der Waals surface area (Å²) in [7, 11) is 0. The molecule has 1 aromatic rings. The van der Waals surface area contributed by atoms with E-state index in [1.54, 1.807) is 12.1 Å². The molecule has 0 saturated carbocycles. The lowest BCUT2D eigenvalue weighted by Crippen LogP contribution is -1.96. The van der Waals surface area contributed by atoms with E-state index in [0.29, 0.717) is 0 Å². The summed E-state index contributed by atoms with van der Waals surface area (Å²) in [6.07, 6.45) is 0.961. The molecule has 1 rings (SSSR count). The molecular formula is C10H3Cl2F2N3. The van der Waals surface area contributed by atoms with Crippen LogP contribution >= 0.6 is 23.2 Å². The molecule has 0 atom stereocenters. The molecule has 0 aromatic heterocycles. The largest absolute Gasteiger partial charge is 0.357 e. The van der Waals surface area contributed by atoms with Gasteiger partial charge in [0.2, 0.25) is 0 Å². The summed E-state index contributed by atoms with van der Waals surface area (Å²) in [5, 5.41) is 18.1. The number of anilines is 1. The highest BCUT2D eigenvalue weighted by Crippen LogP contribution is 2.31. The maximum atomic E-state index is 13.4. The third-order valence-electron chi connectivity index (χ3n) is 1.72. The van der Waals surface area contributed by atoms with Crippen LogP contribution in [-0.2, 0) is 0 Å². The van der Waals surface area contributed by atoms with E-state index in [0.717, 1.165) is 12.3 Å². The summed E-state index contributed by atoms with van der Waals surface area (Å²) in [6, 6.07) is 4.07. The molecule has 0 aliphatic heterocycles. The predicted molar refractivity (Wildman–Crippen MR) is 59.3 cm³/mol. The van der Waals surface area contributed by atoms with Gasteiger partial charge in [0.25, 0.3) is 0 Å². The summed E-state index contributed by atoms with van der Waals surface area (Å²) in [5.41, 5.74) is -0.509. The minimum atomic E-state index is -1.07. The lowest BCUT2D eigenvalue weighted by molar-refractivity contribution is 0.587. The number of allylic oxidation sites excluding steroid dienone is 1. The second kappa shape index (κ2) is 5.49. The molecule has 3 nitrogen and oxygen atoms in total. The highest BCUT2D eigenvalue weighted by Gasteiger charge is 2.15. The summed E-state index contributed by atoms with van der Waals surface area (Å²) in [5.74, 6) is -2.12. The zero-order valence-electron chi connectivity index (χ0n) is 8.06. The van der Waals surface area contributed by atoms with Crippen LogP contribution in [0.4, 0.5) is 14.5 Å². The van der Waals surface area contributed by atoms with E-state index in [9.17, 15) is 8.78 Å². The number of nitrogens with zero attached hydrogens (tertiary/aromatic N) is 2. The molecule has 1 N–H and O–H groups in total. The van der Waals surface area contributed by atoms with Gasteiger partial charge in [0.15, 0.2) is 11.6 Å². The zero-order chi connectivity index (χ0) is 13.0. The van der Waals surface area contributed by atoms with Crippen molar-refractivity contribution in [3.05, 3.63) is 39.5 Å². The molecule has 0 unspecified atom stereocenters. The molecule has 0 saturated heterocycles. The molecule has 0 bridgehead atoms. The van der Waals surface area contributed by atoms with E-state index in [2.05, 4.69) is 5.32 Å². The Balaban J connectivity index is 3.15. The van der Waals surface area contributed by atoms with Crippen molar-refractivity contribution in [1.29, 1.82) is 10.5 Å². The molecule has 86 valence electrons. The second-order valence-electron chi connectivity index (χ2n) is 2.77. The number of hydrogen-bond donors (Lipinski definition) is 1. The lowest BCUT2D eigenvalue weighted by Gasteiger charge is -2.06. The first-order chi connectivity index (χ1) is 8.01. The molecule has 0 heterocycles. The van der Waals surface area contributed by atoms with Gasteiger partial charge in [-0.3, -0.25) is 0 Å². The number of nitrogens with one attached hydrogen (secondary N) is 1. The molecule has 0 aliphatic rings. The standard InChI is InChI=1S/C10H3Cl2F2N3/c11-6-1-7(10(14)8(12)9(6)13)17-4-5(2-15)3-16/h1,4,17H.